The first kappa shape index (κ1) is 16.9. The standard InChI is InChI=1S/C16H17ClN4O2S/c17-12-3-1-11(2-4-12)15(23)20-16-19-13(10-24-16)9-14(22)21-7-5-18-6-8-21/h1-4,10,18H,5-9H2,(H,19,20,23). The summed E-state index contributed by atoms with van der Waals surface area (Å²) in [7, 11) is 0. The van der Waals surface area contributed by atoms with E-state index in [-0.39, 0.29) is 18.2 Å². The van der Waals surface area contributed by atoms with Crippen molar-refractivity contribution in [3.8, 4) is 0 Å². The van der Waals surface area contributed by atoms with E-state index >= 15 is 0 Å². The monoisotopic (exact) mass is 364 g/mol. The fourth-order valence-corrected chi connectivity index (χ4v) is 3.23. The van der Waals surface area contributed by atoms with Crippen molar-refractivity contribution in [3.05, 3.63) is 45.9 Å². The highest BCUT2D eigenvalue weighted by atomic mass is 35.5. The third-order valence-electron chi connectivity index (χ3n) is 3.68. The SMILES string of the molecule is O=C(Nc1nc(CC(=O)N2CCNCC2)cs1)c1ccc(Cl)cc1. The van der Waals surface area contributed by atoms with Crippen LogP contribution in [-0.2, 0) is 11.2 Å². The Morgan fingerprint density at radius 1 is 1.25 bits per heavy atom. The number of hydrogen-bond donors (Lipinski definition) is 2. The lowest BCUT2D eigenvalue weighted by atomic mass is 10.2. The second kappa shape index (κ2) is 7.74. The van der Waals surface area contributed by atoms with E-state index in [1.165, 1.54) is 11.3 Å². The van der Waals surface area contributed by atoms with Crippen LogP contribution in [-0.4, -0.2) is 47.9 Å². The molecule has 6 nitrogen and oxygen atoms in total. The number of aromatic nitrogens is 1. The zero-order chi connectivity index (χ0) is 16.9. The Hall–Kier alpha value is -1.96. The maximum atomic E-state index is 12.2. The molecule has 0 atom stereocenters. The van der Waals surface area contributed by atoms with Gasteiger partial charge < -0.3 is 10.2 Å². The molecular weight excluding hydrogens is 348 g/mol. The van der Waals surface area contributed by atoms with Gasteiger partial charge in [-0.1, -0.05) is 11.6 Å². The summed E-state index contributed by atoms with van der Waals surface area (Å²) < 4.78 is 0. The second-order valence-electron chi connectivity index (χ2n) is 5.41. The van der Waals surface area contributed by atoms with Gasteiger partial charge in [-0.25, -0.2) is 4.98 Å². The van der Waals surface area contributed by atoms with Gasteiger partial charge in [0.05, 0.1) is 12.1 Å². The Morgan fingerprint density at radius 2 is 1.96 bits per heavy atom. The zero-order valence-corrected chi connectivity index (χ0v) is 14.5. The zero-order valence-electron chi connectivity index (χ0n) is 12.9. The molecule has 2 amide bonds. The van der Waals surface area contributed by atoms with Gasteiger partial charge in [-0.3, -0.25) is 14.9 Å². The molecule has 8 heteroatoms. The Balaban J connectivity index is 1.57. The van der Waals surface area contributed by atoms with E-state index in [0.29, 0.717) is 21.4 Å². The number of amides is 2. The molecule has 2 heterocycles. The van der Waals surface area contributed by atoms with Crippen LogP contribution in [0.3, 0.4) is 0 Å². The van der Waals surface area contributed by atoms with Crippen molar-refractivity contribution in [1.29, 1.82) is 0 Å². The molecule has 126 valence electrons. The molecule has 0 aliphatic carbocycles. The highest BCUT2D eigenvalue weighted by Gasteiger charge is 2.18. The minimum Gasteiger partial charge on any atom is -0.340 e. The average molecular weight is 365 g/mol. The van der Waals surface area contributed by atoms with Crippen molar-refractivity contribution >= 4 is 39.9 Å². The maximum Gasteiger partial charge on any atom is 0.257 e. The lowest BCUT2D eigenvalue weighted by Gasteiger charge is -2.27. The largest absolute Gasteiger partial charge is 0.340 e. The number of nitrogens with one attached hydrogen (secondary N) is 2. The number of hydrogen-bond acceptors (Lipinski definition) is 5. The van der Waals surface area contributed by atoms with Gasteiger partial charge in [-0.05, 0) is 24.3 Å². The molecule has 0 spiro atoms. The molecule has 3 rings (SSSR count). The third-order valence-corrected chi connectivity index (χ3v) is 4.74. The minimum absolute atomic E-state index is 0.0670. The quantitative estimate of drug-likeness (QED) is 0.870. The van der Waals surface area contributed by atoms with Crippen LogP contribution >= 0.6 is 22.9 Å². The highest BCUT2D eigenvalue weighted by Crippen LogP contribution is 2.18. The van der Waals surface area contributed by atoms with Crippen molar-refractivity contribution in [1.82, 2.24) is 15.2 Å². The van der Waals surface area contributed by atoms with Gasteiger partial charge in [-0.15, -0.1) is 11.3 Å². The Kier molecular flexibility index (Phi) is 5.44. The van der Waals surface area contributed by atoms with Crippen LogP contribution in [0.1, 0.15) is 16.1 Å². The number of nitrogens with zero attached hydrogens (tertiary/aromatic N) is 2. The first-order valence-electron chi connectivity index (χ1n) is 7.61. The molecule has 1 fully saturated rings. The number of carbonyl (C=O) groups excluding carboxylic acids is 2. The fraction of sp³-hybridized carbons (Fsp3) is 0.312. The van der Waals surface area contributed by atoms with E-state index in [1.54, 1.807) is 29.6 Å². The number of piperazine rings is 1. The van der Waals surface area contributed by atoms with Gasteiger partial charge in [-0.2, -0.15) is 0 Å². The second-order valence-corrected chi connectivity index (χ2v) is 6.71. The molecule has 1 aromatic carbocycles. The van der Waals surface area contributed by atoms with Gasteiger partial charge in [0, 0.05) is 42.1 Å². The Labute approximate surface area is 148 Å². The van der Waals surface area contributed by atoms with Crippen LogP contribution < -0.4 is 10.6 Å². The normalized spacial score (nSPS) is 14.5. The summed E-state index contributed by atoms with van der Waals surface area (Å²) in [5.41, 5.74) is 1.18. The summed E-state index contributed by atoms with van der Waals surface area (Å²) in [6, 6.07) is 6.63. The summed E-state index contributed by atoms with van der Waals surface area (Å²) in [5.74, 6) is -0.182. The first-order chi connectivity index (χ1) is 11.6. The lowest BCUT2D eigenvalue weighted by Crippen LogP contribution is -2.46. The number of anilines is 1. The maximum absolute atomic E-state index is 12.2. The molecular formula is C16H17ClN4O2S. The van der Waals surface area contributed by atoms with Gasteiger partial charge >= 0.3 is 0 Å². The van der Waals surface area contributed by atoms with Crippen LogP contribution in [0, 0.1) is 0 Å². The fourth-order valence-electron chi connectivity index (χ4n) is 2.40. The van der Waals surface area contributed by atoms with Gasteiger partial charge in [0.25, 0.3) is 5.91 Å². The molecule has 2 N–H and O–H groups in total. The molecule has 0 bridgehead atoms. The first-order valence-corrected chi connectivity index (χ1v) is 8.87. The Morgan fingerprint density at radius 3 is 2.67 bits per heavy atom. The van der Waals surface area contributed by atoms with E-state index < -0.39 is 0 Å². The minimum atomic E-state index is -0.249. The van der Waals surface area contributed by atoms with E-state index in [4.69, 9.17) is 11.6 Å². The van der Waals surface area contributed by atoms with Crippen LogP contribution in [0.25, 0.3) is 0 Å². The topological polar surface area (TPSA) is 74.3 Å². The summed E-state index contributed by atoms with van der Waals surface area (Å²) in [6.07, 6.45) is 0.257. The smallest absolute Gasteiger partial charge is 0.257 e. The molecule has 0 unspecified atom stereocenters. The molecule has 0 saturated carbocycles. The molecule has 2 aromatic rings. The van der Waals surface area contributed by atoms with Gasteiger partial charge in [0.1, 0.15) is 0 Å². The summed E-state index contributed by atoms with van der Waals surface area (Å²) in [5, 5.41) is 8.82. The lowest BCUT2D eigenvalue weighted by molar-refractivity contribution is -0.131. The van der Waals surface area contributed by atoms with Gasteiger partial charge in [0.2, 0.25) is 5.91 Å². The Bertz CT molecular complexity index is 726. The number of thiazole rings is 1. The van der Waals surface area contributed by atoms with E-state index in [0.717, 1.165) is 26.2 Å². The molecule has 1 saturated heterocycles. The van der Waals surface area contributed by atoms with E-state index in [9.17, 15) is 9.59 Å². The molecule has 1 aromatic heterocycles. The summed E-state index contributed by atoms with van der Waals surface area (Å²) in [6.45, 7) is 3.10. The van der Waals surface area contributed by atoms with Crippen molar-refractivity contribution in [2.24, 2.45) is 0 Å². The summed E-state index contributed by atoms with van der Waals surface area (Å²) in [4.78, 5) is 30.5. The number of carbonyl (C=O) groups is 2. The van der Waals surface area contributed by atoms with Crippen LogP contribution in [0.5, 0.6) is 0 Å². The number of halogens is 1. The predicted molar refractivity (Wildman–Crippen MR) is 94.7 cm³/mol. The molecule has 0 radical (unpaired) electrons. The van der Waals surface area contributed by atoms with Crippen molar-refractivity contribution in [2.75, 3.05) is 31.5 Å². The molecule has 1 aliphatic heterocycles. The molecule has 24 heavy (non-hydrogen) atoms. The third kappa shape index (κ3) is 4.31. The van der Waals surface area contributed by atoms with Crippen molar-refractivity contribution in [2.45, 2.75) is 6.42 Å². The highest BCUT2D eigenvalue weighted by molar-refractivity contribution is 7.14. The van der Waals surface area contributed by atoms with Crippen LogP contribution in [0.4, 0.5) is 5.13 Å². The van der Waals surface area contributed by atoms with Crippen molar-refractivity contribution < 1.29 is 9.59 Å². The summed E-state index contributed by atoms with van der Waals surface area (Å²) >= 11 is 7.12. The molecule has 1 aliphatic rings. The number of rotatable bonds is 4. The number of benzene rings is 1. The van der Waals surface area contributed by atoms with Crippen LogP contribution in [0.2, 0.25) is 5.02 Å². The van der Waals surface area contributed by atoms with E-state index in [1.807, 2.05) is 4.90 Å². The van der Waals surface area contributed by atoms with E-state index in [2.05, 4.69) is 15.6 Å². The van der Waals surface area contributed by atoms with Crippen LogP contribution in [0.15, 0.2) is 29.6 Å². The van der Waals surface area contributed by atoms with Crippen molar-refractivity contribution in [3.63, 3.8) is 0 Å². The van der Waals surface area contributed by atoms with Gasteiger partial charge in [0.15, 0.2) is 5.13 Å². The average Bonchev–Trinajstić information content (AvgIpc) is 3.03. The predicted octanol–water partition coefficient (Wildman–Crippen LogP) is 2.02.